The van der Waals surface area contributed by atoms with Crippen molar-refractivity contribution in [2.75, 3.05) is 4.90 Å². The Kier molecular flexibility index (Phi) is 8.48. The Hall–Kier alpha value is -5.34. The molecule has 0 amide bonds. The molecule has 0 saturated carbocycles. The molecule has 0 fully saturated rings. The van der Waals surface area contributed by atoms with E-state index in [0.717, 1.165) is 37.9 Å². The highest BCUT2D eigenvalue weighted by Gasteiger charge is 2.34. The van der Waals surface area contributed by atoms with Gasteiger partial charge in [0.15, 0.2) is 0 Å². The van der Waals surface area contributed by atoms with Gasteiger partial charge in [-0.2, -0.15) is 0 Å². The number of ether oxygens (including phenoxy) is 1. The molecule has 7 aliphatic rings. The first kappa shape index (κ1) is 32.3. The molecule has 4 atom stereocenters. The van der Waals surface area contributed by atoms with Gasteiger partial charge in [-0.3, -0.25) is 0 Å². The molecule has 2 nitrogen and oxygen atoms in total. The summed E-state index contributed by atoms with van der Waals surface area (Å²) in [5.74, 6) is 2.07. The summed E-state index contributed by atoms with van der Waals surface area (Å²) in [6.07, 6.45) is 48.0. The number of allylic oxidation sites excluding steroid dienone is 18. The largest absolute Gasteiger partial charge is 0.485 e. The molecular formula is C51H47NO. The third-order valence-corrected chi connectivity index (χ3v) is 12.3. The van der Waals surface area contributed by atoms with Crippen molar-refractivity contribution in [2.45, 2.75) is 69.8 Å². The topological polar surface area (TPSA) is 12.5 Å². The van der Waals surface area contributed by atoms with Crippen LogP contribution in [0.15, 0.2) is 186 Å². The van der Waals surface area contributed by atoms with Gasteiger partial charge < -0.3 is 9.64 Å². The van der Waals surface area contributed by atoms with Crippen LogP contribution < -0.4 is 9.64 Å². The highest BCUT2D eigenvalue weighted by Crippen LogP contribution is 2.46. The monoisotopic (exact) mass is 689 g/mol. The van der Waals surface area contributed by atoms with Crippen LogP contribution in [0.4, 0.5) is 5.69 Å². The third-order valence-electron chi connectivity index (χ3n) is 12.3. The fourth-order valence-corrected chi connectivity index (χ4v) is 9.70. The minimum absolute atomic E-state index is 0.101. The van der Waals surface area contributed by atoms with E-state index < -0.39 is 0 Å². The highest BCUT2D eigenvalue weighted by atomic mass is 16.5. The maximum absolute atomic E-state index is 6.30. The SMILES string of the molecule is C1=CCC(C2=CCCC=C2)C(N(C2=CCC(C3=CCCCC4=C3CCC=C4)C=C2)c2ccc(-c3ccc4c5c(ccc4c3)OC3C=CC=CC53)cc2)=C1. The van der Waals surface area contributed by atoms with Gasteiger partial charge in [-0.1, -0.05) is 109 Å². The fourth-order valence-electron chi connectivity index (χ4n) is 9.70. The number of fused-ring (bicyclic) bond motifs is 5. The van der Waals surface area contributed by atoms with E-state index in [0.29, 0.717) is 11.8 Å². The van der Waals surface area contributed by atoms with Crippen molar-refractivity contribution in [1.29, 1.82) is 0 Å². The van der Waals surface area contributed by atoms with Gasteiger partial charge in [0.1, 0.15) is 11.9 Å². The Morgan fingerprint density at radius 3 is 2.47 bits per heavy atom. The first-order valence-electron chi connectivity index (χ1n) is 20.0. The number of benzene rings is 3. The van der Waals surface area contributed by atoms with E-state index in [1.54, 1.807) is 16.7 Å². The molecule has 6 aliphatic carbocycles. The minimum Gasteiger partial charge on any atom is -0.485 e. The molecule has 1 aliphatic heterocycles. The molecule has 3 aromatic carbocycles. The molecule has 262 valence electrons. The molecule has 4 unspecified atom stereocenters. The average molecular weight is 690 g/mol. The summed E-state index contributed by atoms with van der Waals surface area (Å²) in [6.45, 7) is 0. The first-order chi connectivity index (χ1) is 26.3. The van der Waals surface area contributed by atoms with E-state index >= 15 is 0 Å². The maximum atomic E-state index is 6.30. The summed E-state index contributed by atoms with van der Waals surface area (Å²) in [5, 5.41) is 2.55. The quantitative estimate of drug-likeness (QED) is 0.255. The number of hydrogen-bond donors (Lipinski definition) is 0. The summed E-state index contributed by atoms with van der Waals surface area (Å²) in [5.41, 5.74) is 13.9. The fraction of sp³-hybridized carbons (Fsp3) is 0.255. The highest BCUT2D eigenvalue weighted by molar-refractivity contribution is 5.93. The van der Waals surface area contributed by atoms with Crippen molar-refractivity contribution in [3.63, 3.8) is 0 Å². The van der Waals surface area contributed by atoms with Gasteiger partial charge in [-0.25, -0.2) is 0 Å². The van der Waals surface area contributed by atoms with E-state index in [-0.39, 0.29) is 12.0 Å². The van der Waals surface area contributed by atoms with E-state index in [2.05, 4.69) is 157 Å². The summed E-state index contributed by atoms with van der Waals surface area (Å²) in [6, 6.07) is 20.6. The molecule has 0 N–H and O–H groups in total. The molecule has 0 bridgehead atoms. The van der Waals surface area contributed by atoms with Crippen LogP contribution in [0.25, 0.3) is 21.9 Å². The second kappa shape index (κ2) is 13.9. The lowest BCUT2D eigenvalue weighted by molar-refractivity contribution is 0.269. The molecule has 3 aromatic rings. The van der Waals surface area contributed by atoms with E-state index in [4.69, 9.17) is 4.74 Å². The van der Waals surface area contributed by atoms with Gasteiger partial charge in [0.05, 0.1) is 0 Å². The summed E-state index contributed by atoms with van der Waals surface area (Å²) in [7, 11) is 0. The molecule has 0 radical (unpaired) electrons. The Labute approximate surface area is 314 Å². The molecule has 0 aromatic heterocycles. The number of rotatable bonds is 6. The van der Waals surface area contributed by atoms with Crippen molar-refractivity contribution >= 4 is 16.5 Å². The van der Waals surface area contributed by atoms with Crippen molar-refractivity contribution in [3.05, 3.63) is 191 Å². The Bertz CT molecular complexity index is 2310. The Morgan fingerprint density at radius 1 is 0.679 bits per heavy atom. The average Bonchev–Trinajstić information content (AvgIpc) is 3.48. The van der Waals surface area contributed by atoms with Crippen LogP contribution in [0.3, 0.4) is 0 Å². The van der Waals surface area contributed by atoms with Gasteiger partial charge in [0, 0.05) is 40.4 Å². The third kappa shape index (κ3) is 5.99. The normalized spacial score (nSPS) is 25.5. The predicted octanol–water partition coefficient (Wildman–Crippen LogP) is 13.2. The van der Waals surface area contributed by atoms with Crippen LogP contribution in [-0.4, -0.2) is 6.10 Å². The number of hydrogen-bond acceptors (Lipinski definition) is 2. The van der Waals surface area contributed by atoms with Crippen LogP contribution in [-0.2, 0) is 0 Å². The zero-order chi connectivity index (χ0) is 35.1. The lowest BCUT2D eigenvalue weighted by Crippen LogP contribution is -2.29. The van der Waals surface area contributed by atoms with Crippen molar-refractivity contribution in [2.24, 2.45) is 11.8 Å². The summed E-state index contributed by atoms with van der Waals surface area (Å²) in [4.78, 5) is 2.55. The summed E-state index contributed by atoms with van der Waals surface area (Å²) >= 11 is 0. The molecule has 2 heteroatoms. The van der Waals surface area contributed by atoms with Crippen molar-refractivity contribution in [1.82, 2.24) is 0 Å². The second-order valence-corrected chi connectivity index (χ2v) is 15.5. The lowest BCUT2D eigenvalue weighted by atomic mass is 9.81. The molecule has 0 saturated heterocycles. The van der Waals surface area contributed by atoms with Gasteiger partial charge in [-0.15, -0.1) is 0 Å². The standard InChI is InChI=1S/C51H47NO/c1-2-12-37(13-3-1)45-18-8-10-20-48(45)52(42-30-24-38(25-31-42)44-17-7-5-15-36-14-4-6-16-43(36)44)41-28-22-35(23-29-41)39-26-32-46-40(34-39)27-33-50-51(46)47-19-9-11-21-49(47)53-50/h2,4,8-14,17,19-24,26-34,38,45,47,49H,1,3,5-7,15-16,18,25H2. The minimum atomic E-state index is 0.101. The zero-order valence-electron chi connectivity index (χ0n) is 30.5. The van der Waals surface area contributed by atoms with E-state index in [1.165, 1.54) is 75.8 Å². The van der Waals surface area contributed by atoms with Crippen molar-refractivity contribution in [3.8, 4) is 16.9 Å². The van der Waals surface area contributed by atoms with Gasteiger partial charge in [-0.05, 0) is 144 Å². The Balaban J connectivity index is 0.984. The van der Waals surface area contributed by atoms with Crippen LogP contribution >= 0.6 is 0 Å². The molecular weight excluding hydrogens is 643 g/mol. The van der Waals surface area contributed by atoms with Crippen LogP contribution in [0.5, 0.6) is 5.75 Å². The smallest absolute Gasteiger partial charge is 0.128 e. The number of nitrogens with zero attached hydrogens (tertiary/aromatic N) is 1. The van der Waals surface area contributed by atoms with Gasteiger partial charge in [0.2, 0.25) is 0 Å². The van der Waals surface area contributed by atoms with Crippen LogP contribution in [0.1, 0.15) is 69.3 Å². The van der Waals surface area contributed by atoms with Gasteiger partial charge in [0.25, 0.3) is 0 Å². The number of anilines is 1. The lowest BCUT2D eigenvalue weighted by Gasteiger charge is -2.37. The zero-order valence-corrected chi connectivity index (χ0v) is 30.5. The molecule has 1 heterocycles. The van der Waals surface area contributed by atoms with Gasteiger partial charge >= 0.3 is 0 Å². The van der Waals surface area contributed by atoms with Crippen LogP contribution in [0, 0.1) is 11.8 Å². The maximum Gasteiger partial charge on any atom is 0.128 e. The van der Waals surface area contributed by atoms with Crippen LogP contribution in [0.2, 0.25) is 0 Å². The van der Waals surface area contributed by atoms with Crippen molar-refractivity contribution < 1.29 is 4.74 Å². The molecule has 53 heavy (non-hydrogen) atoms. The molecule has 0 spiro atoms. The Morgan fingerprint density at radius 2 is 1.58 bits per heavy atom. The summed E-state index contributed by atoms with van der Waals surface area (Å²) < 4.78 is 6.30. The first-order valence-corrected chi connectivity index (χ1v) is 20.0. The molecule has 10 rings (SSSR count). The van der Waals surface area contributed by atoms with E-state index in [9.17, 15) is 0 Å². The second-order valence-electron chi connectivity index (χ2n) is 15.5. The van der Waals surface area contributed by atoms with E-state index in [1.807, 2.05) is 0 Å². The predicted molar refractivity (Wildman–Crippen MR) is 222 cm³/mol.